The first-order valence-electron chi connectivity index (χ1n) is 4.33. The Morgan fingerprint density at radius 1 is 1.50 bits per heavy atom. The van der Waals surface area contributed by atoms with Crippen LogP contribution in [0.2, 0.25) is 0 Å². The van der Waals surface area contributed by atoms with Crippen molar-refractivity contribution in [3.05, 3.63) is 10.1 Å². The van der Waals surface area contributed by atoms with Crippen molar-refractivity contribution >= 4 is 0 Å². The van der Waals surface area contributed by atoms with Gasteiger partial charge in [0.05, 0.1) is 6.61 Å². The van der Waals surface area contributed by atoms with E-state index in [1.54, 1.807) is 0 Å². The highest BCUT2D eigenvalue weighted by molar-refractivity contribution is 4.57. The van der Waals surface area contributed by atoms with Crippen LogP contribution in [-0.4, -0.2) is 11.7 Å². The standard InChI is InChI=1S/C8H17NO3/c1-4-8(5-7(2)3)6-12-9(10)11/h7-8H,4-6H2,1-3H3. The van der Waals surface area contributed by atoms with Gasteiger partial charge in [-0.2, -0.15) is 0 Å². The summed E-state index contributed by atoms with van der Waals surface area (Å²) in [6.45, 7) is 6.47. The molecule has 0 N–H and O–H groups in total. The van der Waals surface area contributed by atoms with Crippen LogP contribution in [0.1, 0.15) is 33.6 Å². The summed E-state index contributed by atoms with van der Waals surface area (Å²) in [5.74, 6) is 0.890. The van der Waals surface area contributed by atoms with E-state index in [1.165, 1.54) is 0 Å². The minimum absolute atomic E-state index is 0.238. The van der Waals surface area contributed by atoms with Crippen LogP contribution in [-0.2, 0) is 4.84 Å². The zero-order valence-corrected chi connectivity index (χ0v) is 7.95. The first-order valence-corrected chi connectivity index (χ1v) is 4.33. The van der Waals surface area contributed by atoms with Gasteiger partial charge < -0.3 is 4.84 Å². The third kappa shape index (κ3) is 5.95. The van der Waals surface area contributed by atoms with Gasteiger partial charge in [-0.3, -0.25) is 0 Å². The van der Waals surface area contributed by atoms with Gasteiger partial charge in [0.1, 0.15) is 0 Å². The topological polar surface area (TPSA) is 52.4 Å². The molecule has 0 aromatic carbocycles. The van der Waals surface area contributed by atoms with Crippen molar-refractivity contribution in [3.8, 4) is 0 Å². The molecular formula is C8H17NO3. The van der Waals surface area contributed by atoms with Crippen molar-refractivity contribution in [2.45, 2.75) is 33.6 Å². The summed E-state index contributed by atoms with van der Waals surface area (Å²) >= 11 is 0. The summed E-state index contributed by atoms with van der Waals surface area (Å²) < 4.78 is 0. The monoisotopic (exact) mass is 175 g/mol. The van der Waals surface area contributed by atoms with Crippen molar-refractivity contribution in [2.24, 2.45) is 11.8 Å². The van der Waals surface area contributed by atoms with E-state index >= 15 is 0 Å². The molecule has 0 radical (unpaired) electrons. The Hall–Kier alpha value is -0.800. The molecule has 0 heterocycles. The second-order valence-electron chi connectivity index (χ2n) is 3.42. The van der Waals surface area contributed by atoms with E-state index in [0.717, 1.165) is 12.8 Å². The smallest absolute Gasteiger partial charge is 0.294 e. The number of hydrogen-bond acceptors (Lipinski definition) is 3. The van der Waals surface area contributed by atoms with Crippen LogP contribution in [0.4, 0.5) is 0 Å². The summed E-state index contributed by atoms with van der Waals surface area (Å²) in [5.41, 5.74) is 0. The Kier molecular flexibility index (Phi) is 5.41. The van der Waals surface area contributed by atoms with Crippen LogP contribution < -0.4 is 0 Å². The molecule has 4 heteroatoms. The van der Waals surface area contributed by atoms with Crippen LogP contribution in [0.5, 0.6) is 0 Å². The van der Waals surface area contributed by atoms with Crippen molar-refractivity contribution < 1.29 is 9.92 Å². The molecule has 1 unspecified atom stereocenters. The second-order valence-corrected chi connectivity index (χ2v) is 3.42. The lowest BCUT2D eigenvalue weighted by Gasteiger charge is -2.15. The van der Waals surface area contributed by atoms with Crippen molar-refractivity contribution in [2.75, 3.05) is 6.61 Å². The fourth-order valence-electron chi connectivity index (χ4n) is 1.19. The molecule has 0 fully saturated rings. The molecule has 0 saturated heterocycles. The lowest BCUT2D eigenvalue weighted by molar-refractivity contribution is -0.759. The van der Waals surface area contributed by atoms with E-state index in [2.05, 4.69) is 18.7 Å². The Morgan fingerprint density at radius 2 is 2.08 bits per heavy atom. The first-order chi connectivity index (χ1) is 5.56. The largest absolute Gasteiger partial charge is 0.314 e. The molecule has 1 atom stereocenters. The molecule has 0 aliphatic carbocycles. The molecule has 0 saturated carbocycles. The van der Waals surface area contributed by atoms with E-state index in [9.17, 15) is 10.1 Å². The highest BCUT2D eigenvalue weighted by atomic mass is 16.9. The lowest BCUT2D eigenvalue weighted by atomic mass is 9.96. The molecule has 0 aromatic heterocycles. The molecule has 12 heavy (non-hydrogen) atoms. The molecule has 0 aromatic rings. The molecule has 0 aliphatic rings. The minimum Gasteiger partial charge on any atom is -0.314 e. The van der Waals surface area contributed by atoms with Crippen molar-refractivity contribution in [3.63, 3.8) is 0 Å². The van der Waals surface area contributed by atoms with Gasteiger partial charge in [-0.1, -0.05) is 27.2 Å². The summed E-state index contributed by atoms with van der Waals surface area (Å²) in [6.07, 6.45) is 1.93. The summed E-state index contributed by atoms with van der Waals surface area (Å²) in [7, 11) is 0. The van der Waals surface area contributed by atoms with E-state index in [1.807, 2.05) is 6.92 Å². The van der Waals surface area contributed by atoms with Crippen LogP contribution in [0.15, 0.2) is 0 Å². The molecule has 0 spiro atoms. The van der Waals surface area contributed by atoms with E-state index in [-0.39, 0.29) is 6.61 Å². The van der Waals surface area contributed by atoms with Gasteiger partial charge in [-0.15, -0.1) is 10.1 Å². The van der Waals surface area contributed by atoms with E-state index in [0.29, 0.717) is 11.8 Å². The van der Waals surface area contributed by atoms with Crippen LogP contribution in [0.25, 0.3) is 0 Å². The van der Waals surface area contributed by atoms with Crippen LogP contribution in [0.3, 0.4) is 0 Å². The van der Waals surface area contributed by atoms with Crippen molar-refractivity contribution in [1.29, 1.82) is 0 Å². The second kappa shape index (κ2) is 5.80. The van der Waals surface area contributed by atoms with Gasteiger partial charge in [0.25, 0.3) is 5.09 Å². The fourth-order valence-corrected chi connectivity index (χ4v) is 1.19. The predicted octanol–water partition coefficient (Wildman–Crippen LogP) is 2.27. The normalized spacial score (nSPS) is 13.0. The SMILES string of the molecule is CCC(CO[N+](=O)[O-])CC(C)C. The maximum atomic E-state index is 9.89. The molecule has 0 bridgehead atoms. The van der Waals surface area contributed by atoms with Crippen LogP contribution in [0, 0.1) is 22.0 Å². The van der Waals surface area contributed by atoms with E-state index < -0.39 is 5.09 Å². The zero-order valence-electron chi connectivity index (χ0n) is 7.95. The third-order valence-corrected chi connectivity index (χ3v) is 1.80. The Balaban J connectivity index is 3.60. The zero-order chi connectivity index (χ0) is 9.56. The average molecular weight is 175 g/mol. The molecule has 72 valence electrons. The molecular weight excluding hydrogens is 158 g/mol. The minimum atomic E-state index is -0.719. The highest BCUT2D eigenvalue weighted by Crippen LogP contribution is 2.15. The maximum absolute atomic E-state index is 9.89. The summed E-state index contributed by atoms with van der Waals surface area (Å²) in [6, 6.07) is 0. The predicted molar refractivity (Wildman–Crippen MR) is 46.2 cm³/mol. The number of nitrogens with zero attached hydrogens (tertiary/aromatic N) is 1. The van der Waals surface area contributed by atoms with Gasteiger partial charge in [0.2, 0.25) is 0 Å². The summed E-state index contributed by atoms with van der Waals surface area (Å²) in [4.78, 5) is 14.2. The molecule has 0 rings (SSSR count). The summed E-state index contributed by atoms with van der Waals surface area (Å²) in [5, 5.41) is 9.17. The fraction of sp³-hybridized carbons (Fsp3) is 1.00. The third-order valence-electron chi connectivity index (χ3n) is 1.80. The van der Waals surface area contributed by atoms with Gasteiger partial charge in [0.15, 0.2) is 0 Å². The van der Waals surface area contributed by atoms with Crippen LogP contribution >= 0.6 is 0 Å². The van der Waals surface area contributed by atoms with Gasteiger partial charge in [0, 0.05) is 0 Å². The molecule has 0 amide bonds. The molecule has 0 aliphatic heterocycles. The van der Waals surface area contributed by atoms with Gasteiger partial charge in [-0.05, 0) is 18.3 Å². The van der Waals surface area contributed by atoms with E-state index in [4.69, 9.17) is 0 Å². The average Bonchev–Trinajstić information content (AvgIpc) is 1.97. The first kappa shape index (κ1) is 11.2. The Labute approximate surface area is 73.0 Å². The quantitative estimate of drug-likeness (QED) is 0.459. The highest BCUT2D eigenvalue weighted by Gasteiger charge is 2.10. The maximum Gasteiger partial charge on any atom is 0.294 e. The van der Waals surface area contributed by atoms with Gasteiger partial charge in [-0.25, -0.2) is 0 Å². The number of hydrogen-bond donors (Lipinski definition) is 0. The number of rotatable bonds is 6. The molecule has 4 nitrogen and oxygen atoms in total. The van der Waals surface area contributed by atoms with Crippen molar-refractivity contribution in [1.82, 2.24) is 0 Å². The Morgan fingerprint density at radius 3 is 2.42 bits per heavy atom. The Bertz CT molecular complexity index is 136. The lowest BCUT2D eigenvalue weighted by Crippen LogP contribution is -2.14. The van der Waals surface area contributed by atoms with Gasteiger partial charge >= 0.3 is 0 Å².